The molecule has 2 aliphatic rings. The molecule has 0 bridgehead atoms. The highest BCUT2D eigenvalue weighted by Gasteiger charge is 2.29. The summed E-state index contributed by atoms with van der Waals surface area (Å²) >= 11 is 0. The minimum atomic E-state index is -0.134. The topological polar surface area (TPSA) is 71.6 Å². The van der Waals surface area contributed by atoms with Crippen LogP contribution in [0, 0.1) is 0 Å². The van der Waals surface area contributed by atoms with Crippen LogP contribution in [-0.2, 0) is 26.1 Å². The van der Waals surface area contributed by atoms with Crippen LogP contribution >= 0.6 is 0 Å². The number of nitrogens with zero attached hydrogens (tertiary/aromatic N) is 4. The van der Waals surface area contributed by atoms with Crippen LogP contribution in [0.1, 0.15) is 46.9 Å². The molecule has 1 saturated carbocycles. The Kier molecular flexibility index (Phi) is 4.47. The van der Waals surface area contributed by atoms with Crippen LogP contribution in [0.5, 0.6) is 0 Å². The van der Waals surface area contributed by atoms with E-state index in [1.54, 1.807) is 0 Å². The number of aromatic nitrogens is 3. The summed E-state index contributed by atoms with van der Waals surface area (Å²) < 4.78 is 3.52. The molecule has 2 aromatic heterocycles. The maximum absolute atomic E-state index is 13.2. The minimum Gasteiger partial charge on any atom is -0.349 e. The quantitative estimate of drug-likeness (QED) is 0.722. The van der Waals surface area contributed by atoms with E-state index in [-0.39, 0.29) is 17.5 Å². The molecular weight excluding hydrogens is 366 g/mol. The maximum atomic E-state index is 13.2. The van der Waals surface area contributed by atoms with Crippen LogP contribution in [0.3, 0.4) is 0 Å². The van der Waals surface area contributed by atoms with E-state index in [2.05, 4.69) is 38.9 Å². The lowest BCUT2D eigenvalue weighted by molar-refractivity contribution is 0.0952. The number of hydrogen-bond donors (Lipinski definition) is 1. The van der Waals surface area contributed by atoms with Crippen molar-refractivity contribution in [1.82, 2.24) is 24.4 Å². The number of nitrogens with one attached hydrogen (secondary N) is 1. The van der Waals surface area contributed by atoms with E-state index >= 15 is 0 Å². The zero-order valence-electron chi connectivity index (χ0n) is 16.6. The Morgan fingerprint density at radius 1 is 1.24 bits per heavy atom. The monoisotopic (exact) mass is 391 g/mol. The number of benzene rings is 1. The van der Waals surface area contributed by atoms with Crippen molar-refractivity contribution >= 4 is 11.6 Å². The molecule has 1 amide bonds. The zero-order chi connectivity index (χ0) is 20.0. The van der Waals surface area contributed by atoms with E-state index in [0.717, 1.165) is 43.6 Å². The Labute approximate surface area is 168 Å². The van der Waals surface area contributed by atoms with Crippen LogP contribution in [0.25, 0.3) is 5.65 Å². The molecule has 0 spiro atoms. The predicted octanol–water partition coefficient (Wildman–Crippen LogP) is 1.97. The van der Waals surface area contributed by atoms with Gasteiger partial charge in [0.15, 0.2) is 5.65 Å². The van der Waals surface area contributed by atoms with Crippen LogP contribution in [0.4, 0.5) is 0 Å². The Hall–Kier alpha value is -2.93. The van der Waals surface area contributed by atoms with Gasteiger partial charge in [0.05, 0.1) is 11.8 Å². The van der Waals surface area contributed by atoms with Crippen LogP contribution < -0.4 is 10.9 Å². The standard InChI is InChI=1S/C22H25N5O2/c1-2-26-19-10-11-25(13-15-6-4-3-5-7-15)14-18(19)22(29)27-21(26)17(12-23-27)20(28)24-16-8-9-16/h3-7,12,16H,2,8-11,13-14H2,1H3,(H,24,28). The Morgan fingerprint density at radius 3 is 2.76 bits per heavy atom. The molecule has 1 aliphatic heterocycles. The molecule has 1 N–H and O–H groups in total. The fourth-order valence-electron chi connectivity index (χ4n) is 4.27. The number of carbonyl (C=O) groups excluding carboxylic acids is 1. The molecule has 5 rings (SSSR count). The van der Waals surface area contributed by atoms with Gasteiger partial charge in [-0.15, -0.1) is 0 Å². The summed E-state index contributed by atoms with van der Waals surface area (Å²) in [6, 6.07) is 10.6. The second kappa shape index (κ2) is 7.15. The van der Waals surface area contributed by atoms with E-state index in [4.69, 9.17) is 0 Å². The summed E-state index contributed by atoms with van der Waals surface area (Å²) in [5.41, 5.74) is 4.07. The van der Waals surface area contributed by atoms with Gasteiger partial charge in [0.1, 0.15) is 5.56 Å². The molecule has 1 aliphatic carbocycles. The Balaban J connectivity index is 1.53. The van der Waals surface area contributed by atoms with E-state index in [1.165, 1.54) is 16.3 Å². The first kappa shape index (κ1) is 18.1. The first-order valence-electron chi connectivity index (χ1n) is 10.3. The lowest BCUT2D eigenvalue weighted by Crippen LogP contribution is -2.38. The first-order valence-corrected chi connectivity index (χ1v) is 10.3. The van der Waals surface area contributed by atoms with E-state index < -0.39 is 0 Å². The van der Waals surface area contributed by atoms with Crippen molar-refractivity contribution in [3.8, 4) is 0 Å². The van der Waals surface area contributed by atoms with Crippen molar-refractivity contribution in [3.63, 3.8) is 0 Å². The van der Waals surface area contributed by atoms with Crippen molar-refractivity contribution in [2.45, 2.75) is 51.9 Å². The highest BCUT2D eigenvalue weighted by molar-refractivity contribution is 6.00. The fourth-order valence-corrected chi connectivity index (χ4v) is 4.27. The van der Waals surface area contributed by atoms with Crippen molar-refractivity contribution in [3.05, 3.63) is 69.3 Å². The Bertz CT molecular complexity index is 1130. The summed E-state index contributed by atoms with van der Waals surface area (Å²) in [7, 11) is 0. The summed E-state index contributed by atoms with van der Waals surface area (Å²) in [6.45, 7) is 5.05. The highest BCUT2D eigenvalue weighted by Crippen LogP contribution is 2.23. The number of rotatable bonds is 5. The van der Waals surface area contributed by atoms with Gasteiger partial charge in [0, 0.05) is 44.3 Å². The highest BCUT2D eigenvalue weighted by atomic mass is 16.2. The summed E-state index contributed by atoms with van der Waals surface area (Å²) in [5.74, 6) is -0.134. The molecule has 0 atom stereocenters. The molecule has 3 heterocycles. The smallest absolute Gasteiger partial charge is 0.279 e. The summed E-state index contributed by atoms with van der Waals surface area (Å²) in [5, 5.41) is 7.31. The van der Waals surface area contributed by atoms with E-state index in [0.29, 0.717) is 24.3 Å². The molecule has 3 aromatic rings. The van der Waals surface area contributed by atoms with Gasteiger partial charge < -0.3 is 9.88 Å². The van der Waals surface area contributed by atoms with Crippen molar-refractivity contribution < 1.29 is 4.79 Å². The van der Waals surface area contributed by atoms with Crippen molar-refractivity contribution in [2.75, 3.05) is 6.54 Å². The Morgan fingerprint density at radius 2 is 2.03 bits per heavy atom. The van der Waals surface area contributed by atoms with Crippen LogP contribution in [0.15, 0.2) is 41.3 Å². The average molecular weight is 391 g/mol. The van der Waals surface area contributed by atoms with Gasteiger partial charge in [-0.3, -0.25) is 14.5 Å². The van der Waals surface area contributed by atoms with Gasteiger partial charge in [-0.1, -0.05) is 30.3 Å². The maximum Gasteiger partial charge on any atom is 0.279 e. The molecule has 7 nitrogen and oxygen atoms in total. The molecular formula is C22H25N5O2. The lowest BCUT2D eigenvalue weighted by atomic mass is 10.0. The van der Waals surface area contributed by atoms with Gasteiger partial charge in [0.25, 0.3) is 11.5 Å². The van der Waals surface area contributed by atoms with Crippen molar-refractivity contribution in [2.24, 2.45) is 0 Å². The van der Waals surface area contributed by atoms with Gasteiger partial charge in [-0.2, -0.15) is 9.61 Å². The first-order chi connectivity index (χ1) is 14.2. The van der Waals surface area contributed by atoms with Crippen LogP contribution in [0.2, 0.25) is 0 Å². The van der Waals surface area contributed by atoms with E-state index in [9.17, 15) is 9.59 Å². The zero-order valence-corrected chi connectivity index (χ0v) is 16.6. The molecule has 0 saturated heterocycles. The third-order valence-electron chi connectivity index (χ3n) is 5.89. The van der Waals surface area contributed by atoms with E-state index in [1.807, 2.05) is 18.2 Å². The van der Waals surface area contributed by atoms with Gasteiger partial charge in [-0.05, 0) is 25.3 Å². The summed E-state index contributed by atoms with van der Waals surface area (Å²) in [6.07, 6.45) is 4.38. The second-order valence-corrected chi connectivity index (χ2v) is 7.96. The molecule has 7 heteroatoms. The van der Waals surface area contributed by atoms with Crippen LogP contribution in [-0.4, -0.2) is 37.6 Å². The molecule has 0 unspecified atom stereocenters. The predicted molar refractivity (Wildman–Crippen MR) is 110 cm³/mol. The minimum absolute atomic E-state index is 0.108. The molecule has 150 valence electrons. The SMILES string of the molecule is CCn1c2c(c(=O)n3ncc(C(=O)NC4CC4)c13)CN(Cc1ccccc1)CC2. The molecule has 1 aromatic carbocycles. The number of carbonyl (C=O) groups is 1. The number of amides is 1. The number of aryl methyl sites for hydroxylation is 1. The van der Waals surface area contributed by atoms with Gasteiger partial charge >= 0.3 is 0 Å². The normalized spacial score (nSPS) is 16.7. The third kappa shape index (κ3) is 3.25. The summed E-state index contributed by atoms with van der Waals surface area (Å²) in [4.78, 5) is 28.2. The van der Waals surface area contributed by atoms with Gasteiger partial charge in [-0.25, -0.2) is 0 Å². The molecule has 0 radical (unpaired) electrons. The number of fused-ring (bicyclic) bond motifs is 2. The fraction of sp³-hybridized carbons (Fsp3) is 0.409. The largest absolute Gasteiger partial charge is 0.349 e. The lowest BCUT2D eigenvalue weighted by Gasteiger charge is -2.30. The number of hydrogen-bond acceptors (Lipinski definition) is 4. The third-order valence-corrected chi connectivity index (χ3v) is 5.89. The van der Waals surface area contributed by atoms with Gasteiger partial charge in [0.2, 0.25) is 0 Å². The average Bonchev–Trinajstić information content (AvgIpc) is 3.44. The van der Waals surface area contributed by atoms with Crippen molar-refractivity contribution in [1.29, 1.82) is 0 Å². The molecule has 29 heavy (non-hydrogen) atoms. The molecule has 1 fully saturated rings. The second-order valence-electron chi connectivity index (χ2n) is 7.96.